The lowest BCUT2D eigenvalue weighted by Crippen LogP contribution is -2.47. The van der Waals surface area contributed by atoms with Gasteiger partial charge in [-0.25, -0.2) is 10.7 Å². The van der Waals surface area contributed by atoms with Crippen LogP contribution >= 0.6 is 0 Å². The second kappa shape index (κ2) is 4.39. The summed E-state index contributed by atoms with van der Waals surface area (Å²) in [4.78, 5) is 15.5. The predicted octanol–water partition coefficient (Wildman–Crippen LogP) is -0.157. The molecular weight excluding hydrogens is 162 g/mol. The zero-order valence-electron chi connectivity index (χ0n) is 7.79. The minimum absolute atomic E-state index is 0.552. The fourth-order valence-electron chi connectivity index (χ4n) is 0.717. The average molecular weight is 177 g/mol. The first-order chi connectivity index (χ1) is 5.49. The van der Waals surface area contributed by atoms with E-state index in [0.29, 0.717) is 0 Å². The van der Waals surface area contributed by atoms with Crippen molar-refractivity contribution in [2.75, 3.05) is 14.2 Å². The van der Waals surface area contributed by atoms with Crippen molar-refractivity contribution < 1.29 is 19.1 Å². The molecule has 0 radical (unpaired) electrons. The van der Waals surface area contributed by atoms with Crippen LogP contribution in [0.1, 0.15) is 13.8 Å². The van der Waals surface area contributed by atoms with Gasteiger partial charge >= 0.3 is 5.97 Å². The molecule has 0 bridgehead atoms. The number of nitrogens with two attached hydrogens (primary N) is 1. The van der Waals surface area contributed by atoms with Crippen molar-refractivity contribution in [2.24, 2.45) is 5.90 Å². The Morgan fingerprint density at radius 2 is 1.92 bits per heavy atom. The van der Waals surface area contributed by atoms with Crippen LogP contribution in [-0.2, 0) is 19.1 Å². The lowest BCUT2D eigenvalue weighted by molar-refractivity contribution is -0.175. The highest BCUT2D eigenvalue weighted by atomic mass is 16.7. The van der Waals surface area contributed by atoms with E-state index in [4.69, 9.17) is 10.6 Å². The van der Waals surface area contributed by atoms with Crippen LogP contribution in [0.3, 0.4) is 0 Å². The van der Waals surface area contributed by atoms with Crippen LogP contribution in [0.2, 0.25) is 0 Å². The fourth-order valence-corrected chi connectivity index (χ4v) is 0.717. The number of carbonyl (C=O) groups is 1. The van der Waals surface area contributed by atoms with Crippen molar-refractivity contribution in [2.45, 2.75) is 25.6 Å². The topological polar surface area (TPSA) is 70.8 Å². The molecule has 0 aromatic carbocycles. The minimum atomic E-state index is -0.910. The van der Waals surface area contributed by atoms with Crippen molar-refractivity contribution in [3.63, 3.8) is 0 Å². The molecule has 0 saturated carbocycles. The first-order valence-electron chi connectivity index (χ1n) is 3.48. The number of esters is 1. The van der Waals surface area contributed by atoms with E-state index in [-0.39, 0.29) is 0 Å². The van der Waals surface area contributed by atoms with Gasteiger partial charge in [-0.3, -0.25) is 4.84 Å². The van der Waals surface area contributed by atoms with Gasteiger partial charge in [-0.2, -0.15) is 0 Å². The molecule has 0 rings (SSSR count). The maximum atomic E-state index is 11.0. The van der Waals surface area contributed by atoms with Crippen molar-refractivity contribution in [1.29, 1.82) is 0 Å². The van der Waals surface area contributed by atoms with Crippen LogP contribution in [0.5, 0.6) is 0 Å². The van der Waals surface area contributed by atoms with E-state index in [2.05, 4.69) is 9.57 Å². The number of rotatable bonds is 4. The average Bonchev–Trinajstić information content (AvgIpc) is 2.05. The van der Waals surface area contributed by atoms with Gasteiger partial charge in [0.1, 0.15) is 5.60 Å². The van der Waals surface area contributed by atoms with E-state index < -0.39 is 17.7 Å². The zero-order chi connectivity index (χ0) is 9.78. The Morgan fingerprint density at radius 3 is 2.17 bits per heavy atom. The molecule has 5 heteroatoms. The van der Waals surface area contributed by atoms with Crippen LogP contribution in [-0.4, -0.2) is 31.9 Å². The molecule has 0 aliphatic rings. The van der Waals surface area contributed by atoms with Gasteiger partial charge in [0.25, 0.3) is 0 Å². The SMILES string of the molecule is COC(=O)C(ON)C(C)(C)OC. The summed E-state index contributed by atoms with van der Waals surface area (Å²) in [6.45, 7) is 3.36. The second-order valence-corrected chi connectivity index (χ2v) is 2.85. The van der Waals surface area contributed by atoms with E-state index in [0.717, 1.165) is 0 Å². The summed E-state index contributed by atoms with van der Waals surface area (Å²) in [5, 5.41) is 0. The van der Waals surface area contributed by atoms with Crippen molar-refractivity contribution in [1.82, 2.24) is 0 Å². The van der Waals surface area contributed by atoms with Gasteiger partial charge < -0.3 is 9.47 Å². The molecule has 5 nitrogen and oxygen atoms in total. The summed E-state index contributed by atoms with van der Waals surface area (Å²) in [6.07, 6.45) is -0.910. The second-order valence-electron chi connectivity index (χ2n) is 2.85. The molecule has 0 aliphatic carbocycles. The van der Waals surface area contributed by atoms with Gasteiger partial charge in [0.05, 0.1) is 7.11 Å². The number of hydrogen-bond donors (Lipinski definition) is 1. The molecule has 0 spiro atoms. The first kappa shape index (κ1) is 11.4. The maximum Gasteiger partial charge on any atom is 0.340 e. The van der Waals surface area contributed by atoms with Gasteiger partial charge in [-0.15, -0.1) is 0 Å². The summed E-state index contributed by atoms with van der Waals surface area (Å²) >= 11 is 0. The van der Waals surface area contributed by atoms with Crippen LogP contribution in [0.15, 0.2) is 0 Å². The summed E-state index contributed by atoms with van der Waals surface area (Å²) in [6, 6.07) is 0. The lowest BCUT2D eigenvalue weighted by Gasteiger charge is -2.28. The van der Waals surface area contributed by atoms with Crippen LogP contribution in [0, 0.1) is 0 Å². The molecule has 1 atom stereocenters. The zero-order valence-corrected chi connectivity index (χ0v) is 7.79. The highest BCUT2D eigenvalue weighted by Crippen LogP contribution is 2.16. The quantitative estimate of drug-likeness (QED) is 0.477. The van der Waals surface area contributed by atoms with Gasteiger partial charge in [0.15, 0.2) is 0 Å². The molecule has 0 aliphatic heterocycles. The van der Waals surface area contributed by atoms with E-state index in [9.17, 15) is 4.79 Å². The smallest absolute Gasteiger partial charge is 0.340 e. The number of carbonyl (C=O) groups excluding carboxylic acids is 1. The monoisotopic (exact) mass is 177 g/mol. The third-order valence-corrected chi connectivity index (χ3v) is 1.71. The largest absolute Gasteiger partial charge is 0.467 e. The molecule has 0 heterocycles. The normalized spacial score (nSPS) is 14.1. The molecule has 12 heavy (non-hydrogen) atoms. The van der Waals surface area contributed by atoms with E-state index >= 15 is 0 Å². The molecule has 0 aromatic heterocycles. The molecule has 0 amide bonds. The highest BCUT2D eigenvalue weighted by Gasteiger charge is 2.37. The Balaban J connectivity index is 4.43. The number of hydrogen-bond acceptors (Lipinski definition) is 5. The number of ether oxygens (including phenoxy) is 2. The van der Waals surface area contributed by atoms with E-state index in [1.54, 1.807) is 13.8 Å². The summed E-state index contributed by atoms with van der Waals surface area (Å²) in [7, 11) is 2.73. The van der Waals surface area contributed by atoms with Crippen LogP contribution < -0.4 is 5.90 Å². The molecule has 0 fully saturated rings. The maximum absolute atomic E-state index is 11.0. The Bertz CT molecular complexity index is 157. The third kappa shape index (κ3) is 2.44. The van der Waals surface area contributed by atoms with Crippen LogP contribution in [0.4, 0.5) is 0 Å². The van der Waals surface area contributed by atoms with Gasteiger partial charge in [-0.05, 0) is 13.8 Å². The Kier molecular flexibility index (Phi) is 4.16. The van der Waals surface area contributed by atoms with Crippen LogP contribution in [0.25, 0.3) is 0 Å². The summed E-state index contributed by atoms with van der Waals surface area (Å²) in [5.41, 5.74) is -0.790. The van der Waals surface area contributed by atoms with Crippen molar-refractivity contribution in [3.05, 3.63) is 0 Å². The Labute approximate surface area is 71.7 Å². The molecular formula is C7H15NO4. The van der Waals surface area contributed by atoms with E-state index in [1.165, 1.54) is 14.2 Å². The van der Waals surface area contributed by atoms with Gasteiger partial charge in [-0.1, -0.05) is 0 Å². The fraction of sp³-hybridized carbons (Fsp3) is 0.857. The molecule has 0 saturated heterocycles. The Morgan fingerprint density at radius 1 is 1.42 bits per heavy atom. The molecule has 0 aromatic rings. The number of methoxy groups -OCH3 is 2. The molecule has 72 valence electrons. The Hall–Kier alpha value is -0.650. The van der Waals surface area contributed by atoms with E-state index in [1.807, 2.05) is 0 Å². The molecule has 1 unspecified atom stereocenters. The lowest BCUT2D eigenvalue weighted by atomic mass is 10.0. The first-order valence-corrected chi connectivity index (χ1v) is 3.48. The highest BCUT2D eigenvalue weighted by molar-refractivity contribution is 5.75. The third-order valence-electron chi connectivity index (χ3n) is 1.71. The van der Waals surface area contributed by atoms with Gasteiger partial charge in [0, 0.05) is 7.11 Å². The van der Waals surface area contributed by atoms with Crippen molar-refractivity contribution in [3.8, 4) is 0 Å². The van der Waals surface area contributed by atoms with Crippen molar-refractivity contribution >= 4 is 5.97 Å². The summed E-state index contributed by atoms with van der Waals surface area (Å²) in [5.74, 6) is 4.38. The molecule has 2 N–H and O–H groups in total. The predicted molar refractivity (Wildman–Crippen MR) is 42.2 cm³/mol. The van der Waals surface area contributed by atoms with Gasteiger partial charge in [0.2, 0.25) is 6.10 Å². The summed E-state index contributed by atoms with van der Waals surface area (Å²) < 4.78 is 9.48. The minimum Gasteiger partial charge on any atom is -0.467 e. The standard InChI is InChI=1S/C7H15NO4/c1-7(2,11-4)5(12-8)6(9)10-3/h5H,8H2,1-4H3.